The van der Waals surface area contributed by atoms with Crippen LogP contribution in [0.2, 0.25) is 0 Å². The summed E-state index contributed by atoms with van der Waals surface area (Å²) < 4.78 is 4.33. The van der Waals surface area contributed by atoms with Crippen molar-refractivity contribution < 1.29 is 19.4 Å². The molecule has 18 heavy (non-hydrogen) atoms. The van der Waals surface area contributed by atoms with E-state index in [2.05, 4.69) is 10.1 Å². The fraction of sp³-hybridized carbons (Fsp3) is 0.333. The maximum absolute atomic E-state index is 11.7. The third-order valence-electron chi connectivity index (χ3n) is 2.27. The molecule has 5 nitrogen and oxygen atoms in total. The molecule has 0 radical (unpaired) electrons. The van der Waals surface area contributed by atoms with Gasteiger partial charge < -0.3 is 15.2 Å². The number of benzene rings is 1. The Morgan fingerprint density at radius 2 is 2.22 bits per heavy atom. The predicted molar refractivity (Wildman–Crippen MR) is 66.4 cm³/mol. The molecule has 0 aliphatic heterocycles. The molecule has 0 spiro atoms. The minimum absolute atomic E-state index is 0.198. The second-order valence-corrected chi connectivity index (χ2v) is 3.85. The van der Waals surface area contributed by atoms with E-state index in [1.54, 1.807) is 24.3 Å². The first-order valence-electron chi connectivity index (χ1n) is 5.27. The Balaban J connectivity index is 2.57. The number of carbonyl (C=O) groups excluding carboxylic acids is 2. The molecule has 1 aromatic rings. The van der Waals surface area contributed by atoms with Gasteiger partial charge in [-0.05, 0) is 17.7 Å². The molecule has 1 atom stereocenters. The highest BCUT2D eigenvalue weighted by atomic mass is 35.5. The fourth-order valence-corrected chi connectivity index (χ4v) is 1.47. The van der Waals surface area contributed by atoms with Crippen molar-refractivity contribution in [1.82, 2.24) is 5.32 Å². The molecule has 0 aliphatic carbocycles. The molecule has 98 valence electrons. The minimum atomic E-state index is -1.37. The normalized spacial score (nSPS) is 11.7. The number of rotatable bonds is 5. The van der Waals surface area contributed by atoms with E-state index >= 15 is 0 Å². The first kappa shape index (κ1) is 14.5. The predicted octanol–water partition coefficient (Wildman–Crippen LogP) is 0.689. The van der Waals surface area contributed by atoms with Gasteiger partial charge in [-0.25, -0.2) is 4.79 Å². The Hall–Kier alpha value is -1.59. The summed E-state index contributed by atoms with van der Waals surface area (Å²) in [6.07, 6.45) is -1.37. The van der Waals surface area contributed by atoms with E-state index in [4.69, 9.17) is 11.6 Å². The van der Waals surface area contributed by atoms with E-state index in [0.29, 0.717) is 11.4 Å². The van der Waals surface area contributed by atoms with E-state index in [9.17, 15) is 14.7 Å². The van der Waals surface area contributed by atoms with Crippen LogP contribution >= 0.6 is 11.6 Å². The molecule has 1 unspecified atom stereocenters. The average Bonchev–Trinajstić information content (AvgIpc) is 2.43. The number of hydrogen-bond donors (Lipinski definition) is 2. The molecule has 1 amide bonds. The van der Waals surface area contributed by atoms with Crippen LogP contribution in [0.3, 0.4) is 0 Å². The maximum atomic E-state index is 11.7. The van der Waals surface area contributed by atoms with E-state index in [-0.39, 0.29) is 12.5 Å². The molecule has 0 aliphatic rings. The number of esters is 1. The van der Waals surface area contributed by atoms with Crippen LogP contribution in [-0.4, -0.2) is 36.7 Å². The molecule has 0 fully saturated rings. The van der Waals surface area contributed by atoms with Gasteiger partial charge in [0.05, 0.1) is 13.7 Å². The van der Waals surface area contributed by atoms with E-state index < -0.39 is 12.1 Å². The lowest BCUT2D eigenvalue weighted by Gasteiger charge is -2.10. The average molecular weight is 272 g/mol. The van der Waals surface area contributed by atoms with Crippen LogP contribution in [0.4, 0.5) is 0 Å². The van der Waals surface area contributed by atoms with Crippen molar-refractivity contribution in [3.63, 3.8) is 0 Å². The van der Waals surface area contributed by atoms with Crippen LogP contribution in [-0.2, 0) is 15.4 Å². The molecule has 0 heterocycles. The molecule has 2 N–H and O–H groups in total. The smallest absolute Gasteiger partial charge is 0.336 e. The van der Waals surface area contributed by atoms with E-state index in [1.165, 1.54) is 0 Å². The van der Waals surface area contributed by atoms with Crippen LogP contribution in [0.25, 0.3) is 0 Å². The Morgan fingerprint density at radius 1 is 1.50 bits per heavy atom. The Morgan fingerprint density at radius 3 is 2.83 bits per heavy atom. The largest absolute Gasteiger partial charge is 0.467 e. The van der Waals surface area contributed by atoms with Gasteiger partial charge in [-0.3, -0.25) is 4.79 Å². The summed E-state index contributed by atoms with van der Waals surface area (Å²) >= 11 is 5.66. The molecule has 6 heteroatoms. The summed E-state index contributed by atoms with van der Waals surface area (Å²) in [5, 5.41) is 11.7. The molecule has 0 saturated carbocycles. The van der Waals surface area contributed by atoms with Gasteiger partial charge in [0.15, 0.2) is 6.10 Å². The van der Waals surface area contributed by atoms with Gasteiger partial charge in [0.1, 0.15) is 0 Å². The number of ether oxygens (including phenoxy) is 1. The number of nitrogens with one attached hydrogen (secondary N) is 1. The van der Waals surface area contributed by atoms with Gasteiger partial charge in [0.2, 0.25) is 0 Å². The zero-order chi connectivity index (χ0) is 13.5. The van der Waals surface area contributed by atoms with Crippen LogP contribution in [0.15, 0.2) is 24.3 Å². The monoisotopic (exact) mass is 271 g/mol. The molecule has 0 aromatic heterocycles. The van der Waals surface area contributed by atoms with Crippen LogP contribution in [0, 0.1) is 0 Å². The zero-order valence-corrected chi connectivity index (χ0v) is 10.6. The summed E-state index contributed by atoms with van der Waals surface area (Å²) in [5.74, 6) is -0.860. The van der Waals surface area contributed by atoms with Crippen LogP contribution in [0.1, 0.15) is 15.9 Å². The summed E-state index contributed by atoms with van der Waals surface area (Å²) in [7, 11) is 1.16. The number of aliphatic hydroxyl groups excluding tert-OH is 1. The molecule has 0 saturated heterocycles. The number of amides is 1. The number of methoxy groups -OCH3 is 1. The molecule has 1 rings (SSSR count). The van der Waals surface area contributed by atoms with Crippen molar-refractivity contribution in [3.05, 3.63) is 35.4 Å². The highest BCUT2D eigenvalue weighted by Crippen LogP contribution is 2.07. The highest BCUT2D eigenvalue weighted by molar-refractivity contribution is 6.17. The van der Waals surface area contributed by atoms with Gasteiger partial charge in [-0.15, -0.1) is 11.6 Å². The fourth-order valence-electron chi connectivity index (χ4n) is 1.31. The number of halogens is 1. The molecule has 0 bridgehead atoms. The maximum Gasteiger partial charge on any atom is 0.336 e. The third-order valence-corrected chi connectivity index (χ3v) is 2.58. The standard InChI is InChI=1S/C12H14ClNO4/c1-18-12(17)10(15)7-14-11(16)9-4-2-3-8(5-9)6-13/h2-5,10,15H,6-7H2,1H3,(H,14,16). The van der Waals surface area contributed by atoms with Gasteiger partial charge in [0.25, 0.3) is 5.91 Å². The zero-order valence-electron chi connectivity index (χ0n) is 9.85. The van der Waals surface area contributed by atoms with Crippen LogP contribution < -0.4 is 5.32 Å². The molecule has 1 aromatic carbocycles. The van der Waals surface area contributed by atoms with E-state index in [1.807, 2.05) is 0 Å². The number of hydrogen-bond acceptors (Lipinski definition) is 4. The Bertz CT molecular complexity index is 436. The molecular formula is C12H14ClNO4. The number of alkyl halides is 1. The van der Waals surface area contributed by atoms with Gasteiger partial charge in [0, 0.05) is 11.4 Å². The van der Waals surface area contributed by atoms with Gasteiger partial charge in [-0.2, -0.15) is 0 Å². The Labute approximate surface area is 110 Å². The SMILES string of the molecule is COC(=O)C(O)CNC(=O)c1cccc(CCl)c1. The summed E-state index contributed by atoms with van der Waals surface area (Å²) in [4.78, 5) is 22.6. The van der Waals surface area contributed by atoms with Crippen molar-refractivity contribution in [2.24, 2.45) is 0 Å². The lowest BCUT2D eigenvalue weighted by atomic mass is 10.1. The first-order chi connectivity index (χ1) is 8.58. The topological polar surface area (TPSA) is 75.6 Å². The van der Waals surface area contributed by atoms with E-state index in [0.717, 1.165) is 12.7 Å². The summed E-state index contributed by atoms with van der Waals surface area (Å²) in [6.45, 7) is -0.198. The van der Waals surface area contributed by atoms with Crippen molar-refractivity contribution in [2.45, 2.75) is 12.0 Å². The first-order valence-corrected chi connectivity index (χ1v) is 5.81. The summed E-state index contributed by atoms with van der Waals surface area (Å²) in [5.41, 5.74) is 1.24. The van der Waals surface area contributed by atoms with Crippen LogP contribution in [0.5, 0.6) is 0 Å². The lowest BCUT2D eigenvalue weighted by molar-refractivity contribution is -0.149. The lowest BCUT2D eigenvalue weighted by Crippen LogP contribution is -2.37. The molecular weight excluding hydrogens is 258 g/mol. The number of carbonyl (C=O) groups is 2. The second kappa shape index (κ2) is 6.98. The van der Waals surface area contributed by atoms with Crippen molar-refractivity contribution in [1.29, 1.82) is 0 Å². The van der Waals surface area contributed by atoms with Crippen molar-refractivity contribution >= 4 is 23.5 Å². The van der Waals surface area contributed by atoms with Gasteiger partial charge >= 0.3 is 5.97 Å². The number of aliphatic hydroxyl groups is 1. The van der Waals surface area contributed by atoms with Gasteiger partial charge in [-0.1, -0.05) is 12.1 Å². The third kappa shape index (κ3) is 4.01. The summed E-state index contributed by atoms with van der Waals surface area (Å²) in [6, 6.07) is 6.78. The Kier molecular flexibility index (Phi) is 5.61. The highest BCUT2D eigenvalue weighted by Gasteiger charge is 2.16. The quantitative estimate of drug-likeness (QED) is 0.610. The van der Waals surface area contributed by atoms with Crippen molar-refractivity contribution in [2.75, 3.05) is 13.7 Å². The minimum Gasteiger partial charge on any atom is -0.467 e. The van der Waals surface area contributed by atoms with Crippen molar-refractivity contribution in [3.8, 4) is 0 Å². The second-order valence-electron chi connectivity index (χ2n) is 3.58.